The molecule has 204 valence electrons. The van der Waals surface area contributed by atoms with Crippen LogP contribution in [0.15, 0.2) is 29.3 Å². The normalized spacial score (nSPS) is 23.3. The maximum atomic E-state index is 13.6. The number of aromatic nitrogens is 1. The van der Waals surface area contributed by atoms with Gasteiger partial charge < -0.3 is 24.4 Å². The first-order valence-corrected chi connectivity index (χ1v) is 13.2. The summed E-state index contributed by atoms with van der Waals surface area (Å²) in [6.45, 7) is -0.372. The third kappa shape index (κ3) is 4.60. The fraction of sp³-hybridized carbons (Fsp3) is 0.435. The van der Waals surface area contributed by atoms with Crippen LogP contribution in [0, 0.1) is 12.7 Å². The van der Waals surface area contributed by atoms with E-state index >= 15 is 0 Å². The van der Waals surface area contributed by atoms with E-state index in [-0.39, 0.29) is 35.8 Å². The van der Waals surface area contributed by atoms with Crippen molar-refractivity contribution in [2.75, 3.05) is 31.5 Å². The summed E-state index contributed by atoms with van der Waals surface area (Å²) in [7, 11) is -2.75. The number of fused-ring (bicyclic) bond motifs is 2. The van der Waals surface area contributed by atoms with Gasteiger partial charge in [-0.1, -0.05) is 0 Å². The highest BCUT2D eigenvalue weighted by Crippen LogP contribution is 2.36. The first-order valence-electron chi connectivity index (χ1n) is 11.7. The van der Waals surface area contributed by atoms with Crippen molar-refractivity contribution in [3.63, 3.8) is 0 Å². The smallest absolute Gasteiger partial charge is 0.312 e. The summed E-state index contributed by atoms with van der Waals surface area (Å²) in [4.78, 5) is 39.6. The van der Waals surface area contributed by atoms with E-state index in [2.05, 4.69) is 10.0 Å². The third-order valence-corrected chi connectivity index (χ3v) is 8.23. The molecular formula is C23H24F3N5O6S. The van der Waals surface area contributed by atoms with Crippen molar-refractivity contribution in [2.45, 2.75) is 36.3 Å². The average Bonchev–Trinajstić information content (AvgIpc) is 3.11. The largest absolute Gasteiger partial charge is 0.485 e. The number of alkyl halides is 2. The van der Waals surface area contributed by atoms with Crippen molar-refractivity contribution in [3.8, 4) is 5.75 Å². The number of hydrogen-bond acceptors (Lipinski definition) is 6. The Bertz CT molecular complexity index is 1450. The molecule has 1 aromatic heterocycles. The van der Waals surface area contributed by atoms with E-state index in [4.69, 9.17) is 4.74 Å². The Hall–Kier alpha value is -3.59. The van der Waals surface area contributed by atoms with E-state index in [1.54, 1.807) is 0 Å². The highest BCUT2D eigenvalue weighted by molar-refractivity contribution is 7.89. The van der Waals surface area contributed by atoms with Gasteiger partial charge in [-0.3, -0.25) is 14.4 Å². The first-order chi connectivity index (χ1) is 17.8. The molecule has 1 aromatic carbocycles. The molecular weight excluding hydrogens is 531 g/mol. The second-order valence-electron chi connectivity index (χ2n) is 9.64. The van der Waals surface area contributed by atoms with Crippen LogP contribution in [-0.2, 0) is 26.7 Å². The summed E-state index contributed by atoms with van der Waals surface area (Å²) in [5.41, 5.74) is 0.523. The van der Waals surface area contributed by atoms with E-state index in [0.29, 0.717) is 11.3 Å². The molecule has 2 N–H and O–H groups in total. The summed E-state index contributed by atoms with van der Waals surface area (Å²) < 4.78 is 76.0. The molecule has 0 saturated carbocycles. The molecule has 2 aromatic rings. The van der Waals surface area contributed by atoms with Crippen LogP contribution in [0.4, 0.5) is 18.9 Å². The Morgan fingerprint density at radius 3 is 2.50 bits per heavy atom. The Morgan fingerprint density at radius 2 is 1.84 bits per heavy atom. The average molecular weight is 556 g/mol. The van der Waals surface area contributed by atoms with Crippen molar-refractivity contribution < 1.29 is 40.7 Å². The molecule has 3 amide bonds. The number of sulfonamides is 1. The van der Waals surface area contributed by atoms with E-state index in [1.165, 1.54) is 42.9 Å². The number of amides is 3. The molecule has 2 unspecified atom stereocenters. The summed E-state index contributed by atoms with van der Waals surface area (Å²) in [5.74, 6) is -6.42. The van der Waals surface area contributed by atoms with E-state index < -0.39 is 64.7 Å². The van der Waals surface area contributed by atoms with Crippen LogP contribution in [0.3, 0.4) is 0 Å². The van der Waals surface area contributed by atoms with Gasteiger partial charge in [-0.05, 0) is 30.7 Å². The fourth-order valence-electron chi connectivity index (χ4n) is 4.77. The summed E-state index contributed by atoms with van der Waals surface area (Å²) in [5, 5.41) is 2.61. The molecule has 2 saturated heterocycles. The van der Waals surface area contributed by atoms with Crippen molar-refractivity contribution in [2.24, 2.45) is 7.05 Å². The molecule has 2 fully saturated rings. The van der Waals surface area contributed by atoms with Crippen LogP contribution in [0.2, 0.25) is 0 Å². The monoisotopic (exact) mass is 555 g/mol. The van der Waals surface area contributed by atoms with E-state index in [0.717, 1.165) is 9.80 Å². The zero-order valence-electron chi connectivity index (χ0n) is 20.3. The first kappa shape index (κ1) is 26.0. The molecule has 0 spiro atoms. The zero-order chi connectivity index (χ0) is 27.6. The zero-order valence-corrected chi connectivity index (χ0v) is 21.1. The number of likely N-dealkylation sites (tertiary alicyclic amines) is 2. The molecule has 3 aliphatic rings. The second kappa shape index (κ2) is 9.01. The number of ether oxygens (including phenoxy) is 1. The van der Waals surface area contributed by atoms with Crippen LogP contribution in [-0.4, -0.2) is 84.8 Å². The number of piperidine rings is 1. The molecule has 2 atom stereocenters. The molecule has 0 aliphatic carbocycles. The lowest BCUT2D eigenvalue weighted by Crippen LogP contribution is -2.64. The minimum absolute atomic E-state index is 0.0102. The highest BCUT2D eigenvalue weighted by atomic mass is 32.2. The second-order valence-corrected chi connectivity index (χ2v) is 11.3. The number of aryl methyl sites for hydroxylation is 2. The van der Waals surface area contributed by atoms with Crippen LogP contribution in [0.25, 0.3) is 0 Å². The number of nitrogens with one attached hydrogen (secondary N) is 2. The van der Waals surface area contributed by atoms with Gasteiger partial charge in [0.1, 0.15) is 16.8 Å². The lowest BCUT2D eigenvalue weighted by molar-refractivity contribution is -0.174. The van der Waals surface area contributed by atoms with Crippen LogP contribution < -0.4 is 14.8 Å². The standard InChI is InChI=1S/C23H24F3N5O6S/c1-12-7-13(3-4-14(12)24)27-20(32)18-19-17(9-29(18)2)38(35,36)28-15-8-30(6-5-16(15)37-19)21(33)22(34)31-10-23(25,26)11-31/h3-4,7,9,15-16,28H,5-6,8,10-11H2,1-2H3,(H,27,32). The quantitative estimate of drug-likeness (QED) is 0.529. The Kier molecular flexibility index (Phi) is 6.17. The number of anilines is 1. The Balaban J connectivity index is 1.36. The van der Waals surface area contributed by atoms with Crippen molar-refractivity contribution in [1.82, 2.24) is 19.1 Å². The van der Waals surface area contributed by atoms with Crippen LogP contribution >= 0.6 is 0 Å². The maximum absolute atomic E-state index is 13.6. The van der Waals surface area contributed by atoms with Crippen LogP contribution in [0.1, 0.15) is 22.5 Å². The number of nitrogens with zero attached hydrogens (tertiary/aromatic N) is 3. The van der Waals surface area contributed by atoms with Gasteiger partial charge in [0.25, 0.3) is 11.8 Å². The molecule has 0 bridgehead atoms. The molecule has 15 heteroatoms. The molecule has 0 radical (unpaired) electrons. The fourth-order valence-corrected chi connectivity index (χ4v) is 6.20. The number of hydrogen-bond donors (Lipinski definition) is 2. The van der Waals surface area contributed by atoms with Gasteiger partial charge >= 0.3 is 11.8 Å². The van der Waals surface area contributed by atoms with Gasteiger partial charge in [-0.2, -0.15) is 0 Å². The highest BCUT2D eigenvalue weighted by Gasteiger charge is 2.49. The van der Waals surface area contributed by atoms with Crippen molar-refractivity contribution in [1.29, 1.82) is 0 Å². The summed E-state index contributed by atoms with van der Waals surface area (Å²) >= 11 is 0. The van der Waals surface area contributed by atoms with Crippen molar-refractivity contribution >= 4 is 33.4 Å². The van der Waals surface area contributed by atoms with E-state index in [1.807, 2.05) is 0 Å². The number of benzene rings is 1. The van der Waals surface area contributed by atoms with Gasteiger partial charge in [0.2, 0.25) is 10.0 Å². The summed E-state index contributed by atoms with van der Waals surface area (Å²) in [6, 6.07) is 3.03. The molecule has 38 heavy (non-hydrogen) atoms. The SMILES string of the molecule is Cc1cc(NC(=O)c2c3c(cn2C)S(=O)(=O)NC2CN(C(=O)C(=O)N4CC(F)(F)C4)CCC2O3)ccc1F. The minimum Gasteiger partial charge on any atom is -0.485 e. The predicted octanol–water partition coefficient (Wildman–Crippen LogP) is 0.843. The Labute approximate surface area is 215 Å². The topological polar surface area (TPSA) is 130 Å². The summed E-state index contributed by atoms with van der Waals surface area (Å²) in [6.07, 6.45) is 0.533. The van der Waals surface area contributed by atoms with Gasteiger partial charge in [0, 0.05) is 38.4 Å². The number of rotatable bonds is 2. The molecule has 11 nitrogen and oxygen atoms in total. The molecule has 4 heterocycles. The molecule has 5 rings (SSSR count). The molecule has 3 aliphatic heterocycles. The minimum atomic E-state index is -4.22. The predicted molar refractivity (Wildman–Crippen MR) is 126 cm³/mol. The van der Waals surface area contributed by atoms with Gasteiger partial charge in [-0.15, -0.1) is 0 Å². The third-order valence-electron chi connectivity index (χ3n) is 6.75. The lowest BCUT2D eigenvalue weighted by atomic mass is 10.0. The van der Waals surface area contributed by atoms with Gasteiger partial charge in [0.15, 0.2) is 11.4 Å². The van der Waals surface area contributed by atoms with Crippen LogP contribution in [0.5, 0.6) is 5.75 Å². The lowest BCUT2D eigenvalue weighted by Gasteiger charge is -2.41. The number of halogens is 3. The van der Waals surface area contributed by atoms with Crippen molar-refractivity contribution in [3.05, 3.63) is 41.5 Å². The Morgan fingerprint density at radius 1 is 1.16 bits per heavy atom. The van der Waals surface area contributed by atoms with E-state index in [9.17, 15) is 36.0 Å². The van der Waals surface area contributed by atoms with Gasteiger partial charge in [-0.25, -0.2) is 26.3 Å². The number of carbonyl (C=O) groups is 3. The number of carbonyl (C=O) groups excluding carboxylic acids is 3. The van der Waals surface area contributed by atoms with Gasteiger partial charge in [0.05, 0.1) is 19.1 Å². The maximum Gasteiger partial charge on any atom is 0.312 e.